The first-order valence-corrected chi connectivity index (χ1v) is 14.7. The summed E-state index contributed by atoms with van der Waals surface area (Å²) in [5.74, 6) is -1.05. The van der Waals surface area contributed by atoms with Crippen LogP contribution in [0, 0.1) is 0 Å². The van der Waals surface area contributed by atoms with Crippen LogP contribution in [0.1, 0.15) is 16.1 Å². The minimum atomic E-state index is -4.19. The number of nitrogens with zero attached hydrogens (tertiary/aromatic N) is 4. The fourth-order valence-electron chi connectivity index (χ4n) is 5.01. The number of pyridine rings is 1. The third-order valence-electron chi connectivity index (χ3n) is 7.13. The predicted octanol–water partition coefficient (Wildman–Crippen LogP) is 4.98. The molecule has 1 aliphatic heterocycles. The number of aromatic nitrogens is 3. The summed E-state index contributed by atoms with van der Waals surface area (Å²) in [7, 11) is -4.19. The average Bonchev–Trinajstić information content (AvgIpc) is 3.51. The van der Waals surface area contributed by atoms with E-state index in [1.807, 2.05) is 18.2 Å². The van der Waals surface area contributed by atoms with E-state index in [9.17, 15) is 18.0 Å². The van der Waals surface area contributed by atoms with Crippen LogP contribution in [-0.4, -0.2) is 63.5 Å². The van der Waals surface area contributed by atoms with E-state index >= 15 is 0 Å². The third-order valence-corrected chi connectivity index (χ3v) is 9.16. The van der Waals surface area contributed by atoms with Crippen LogP contribution in [0.15, 0.2) is 102 Å². The molecule has 214 valence electrons. The number of sulfonamides is 1. The molecule has 42 heavy (non-hydrogen) atoms. The number of halogens is 2. The van der Waals surface area contributed by atoms with Crippen LogP contribution in [0.5, 0.6) is 0 Å². The fourth-order valence-corrected chi connectivity index (χ4v) is 6.64. The molecule has 6 rings (SSSR count). The monoisotopic (exact) mass is 621 g/mol. The lowest BCUT2D eigenvalue weighted by Crippen LogP contribution is -2.60. The zero-order valence-electron chi connectivity index (χ0n) is 22.1. The van der Waals surface area contributed by atoms with E-state index in [0.29, 0.717) is 21.7 Å². The quantitative estimate of drug-likeness (QED) is 0.286. The van der Waals surface area contributed by atoms with Crippen molar-refractivity contribution < 1.29 is 18.0 Å². The Kier molecular flexibility index (Phi) is 8.31. The maximum Gasteiger partial charge on any atom is 0.266 e. The van der Waals surface area contributed by atoms with Gasteiger partial charge in [-0.2, -0.15) is 0 Å². The number of imidazole rings is 1. The summed E-state index contributed by atoms with van der Waals surface area (Å²) in [5, 5.41) is 2.00. The molecule has 3 heterocycles. The van der Waals surface area contributed by atoms with Gasteiger partial charge in [0.1, 0.15) is 6.04 Å². The van der Waals surface area contributed by atoms with Gasteiger partial charge in [0, 0.05) is 47.2 Å². The van der Waals surface area contributed by atoms with Crippen molar-refractivity contribution in [3.8, 4) is 11.3 Å². The number of amides is 2. The van der Waals surface area contributed by atoms with Gasteiger partial charge in [0.15, 0.2) is 0 Å². The molecule has 0 spiro atoms. The highest BCUT2D eigenvalue weighted by Gasteiger charge is 2.43. The van der Waals surface area contributed by atoms with Gasteiger partial charge >= 0.3 is 0 Å². The summed E-state index contributed by atoms with van der Waals surface area (Å²) in [6.07, 6.45) is 4.81. The molecule has 3 aromatic carbocycles. The molecule has 1 N–H and O–H groups in total. The number of hydrogen-bond donors (Lipinski definition) is 1. The van der Waals surface area contributed by atoms with Crippen molar-refractivity contribution in [3.63, 3.8) is 0 Å². The molecule has 0 aliphatic carbocycles. The smallest absolute Gasteiger partial charge is 0.266 e. The highest BCUT2D eigenvalue weighted by atomic mass is 35.5. The van der Waals surface area contributed by atoms with Crippen LogP contribution in [0.4, 0.5) is 0 Å². The summed E-state index contributed by atoms with van der Waals surface area (Å²) in [4.78, 5) is 40.3. The SMILES string of the molecule is Cl.O=C(c1ccc(-c2ccccn2)cc1)N1CCN(S(=O)(=O)c2ccc3cc(Cl)ccc3c2)C(=O)C1Cc1cnc[nH]1. The molecule has 9 nitrogen and oxygen atoms in total. The topological polar surface area (TPSA) is 116 Å². The maximum atomic E-state index is 13.9. The van der Waals surface area contributed by atoms with Gasteiger partial charge in [-0.1, -0.05) is 41.9 Å². The fraction of sp³-hybridized carbons (Fsp3) is 0.133. The molecule has 1 saturated heterocycles. The molecule has 2 aromatic heterocycles. The summed E-state index contributed by atoms with van der Waals surface area (Å²) in [5.41, 5.74) is 2.61. The Labute approximate surface area is 253 Å². The Bertz CT molecular complexity index is 1850. The lowest BCUT2D eigenvalue weighted by atomic mass is 10.0. The Morgan fingerprint density at radius 3 is 2.45 bits per heavy atom. The number of carbonyl (C=O) groups excluding carboxylic acids is 2. The van der Waals surface area contributed by atoms with E-state index in [1.165, 1.54) is 23.4 Å². The Balaban J connectivity index is 0.00000353. The lowest BCUT2D eigenvalue weighted by Gasteiger charge is -2.40. The maximum absolute atomic E-state index is 13.9. The van der Waals surface area contributed by atoms with E-state index in [-0.39, 0.29) is 42.7 Å². The molecule has 2 amide bonds. The normalized spacial score (nSPS) is 15.5. The van der Waals surface area contributed by atoms with Crippen molar-refractivity contribution >= 4 is 56.6 Å². The molecule has 12 heteroatoms. The number of benzene rings is 3. The molecule has 1 aliphatic rings. The van der Waals surface area contributed by atoms with Gasteiger partial charge in [0.05, 0.1) is 23.5 Å². The van der Waals surface area contributed by atoms with Crippen molar-refractivity contribution in [2.24, 2.45) is 0 Å². The van der Waals surface area contributed by atoms with E-state index in [1.54, 1.807) is 60.9 Å². The number of nitrogens with one attached hydrogen (secondary N) is 1. The zero-order valence-corrected chi connectivity index (χ0v) is 24.4. The second-order valence-electron chi connectivity index (χ2n) is 9.66. The zero-order chi connectivity index (χ0) is 28.6. The Morgan fingerprint density at radius 2 is 1.74 bits per heavy atom. The summed E-state index contributed by atoms with van der Waals surface area (Å²) < 4.78 is 28.3. The van der Waals surface area contributed by atoms with Crippen molar-refractivity contribution in [1.29, 1.82) is 0 Å². The van der Waals surface area contributed by atoms with Crippen LogP contribution in [0.2, 0.25) is 5.02 Å². The first-order chi connectivity index (χ1) is 19.8. The average molecular weight is 623 g/mol. The van der Waals surface area contributed by atoms with Crippen molar-refractivity contribution in [2.45, 2.75) is 17.4 Å². The second-order valence-corrected chi connectivity index (χ2v) is 12.0. The van der Waals surface area contributed by atoms with E-state index in [2.05, 4.69) is 15.0 Å². The molecular formula is C30H25Cl2N5O4S. The number of aromatic amines is 1. The minimum absolute atomic E-state index is 0. The number of carbonyl (C=O) groups is 2. The molecule has 0 saturated carbocycles. The molecular weight excluding hydrogens is 597 g/mol. The Hall–Kier alpha value is -4.25. The first-order valence-electron chi connectivity index (χ1n) is 12.9. The molecule has 1 fully saturated rings. The van der Waals surface area contributed by atoms with E-state index in [4.69, 9.17) is 11.6 Å². The van der Waals surface area contributed by atoms with Crippen LogP contribution >= 0.6 is 24.0 Å². The number of fused-ring (bicyclic) bond motifs is 1. The van der Waals surface area contributed by atoms with Crippen LogP contribution in [0.25, 0.3) is 22.0 Å². The van der Waals surface area contributed by atoms with Gasteiger partial charge in [-0.3, -0.25) is 14.6 Å². The number of piperazine rings is 1. The standard InChI is InChI=1S/C30H24ClN5O4S.ClH/c31-24-10-8-23-16-26(11-9-22(23)15-24)41(39,40)36-14-13-35(28(30(36)38)17-25-18-32-19-34-25)29(37)21-6-4-20(5-7-21)27-3-1-2-12-33-27;/h1-12,15-16,18-19,28H,13-14,17H2,(H,32,34);1H. The number of rotatable bonds is 6. The molecule has 5 aromatic rings. The van der Waals surface area contributed by atoms with Crippen LogP contribution in [-0.2, 0) is 21.2 Å². The van der Waals surface area contributed by atoms with Crippen LogP contribution in [0.3, 0.4) is 0 Å². The summed E-state index contributed by atoms with van der Waals surface area (Å²) in [6, 6.07) is 21.3. The van der Waals surface area contributed by atoms with Gasteiger partial charge in [-0.25, -0.2) is 17.7 Å². The van der Waals surface area contributed by atoms with Gasteiger partial charge < -0.3 is 9.88 Å². The summed E-state index contributed by atoms with van der Waals surface area (Å²) in [6.45, 7) is -0.134. The third kappa shape index (κ3) is 5.61. The van der Waals surface area contributed by atoms with Crippen molar-refractivity contribution in [2.75, 3.05) is 13.1 Å². The highest BCUT2D eigenvalue weighted by molar-refractivity contribution is 7.89. The largest absolute Gasteiger partial charge is 0.348 e. The molecule has 1 atom stereocenters. The van der Waals surface area contributed by atoms with Crippen molar-refractivity contribution in [1.82, 2.24) is 24.2 Å². The van der Waals surface area contributed by atoms with E-state index < -0.39 is 22.0 Å². The summed E-state index contributed by atoms with van der Waals surface area (Å²) >= 11 is 6.07. The van der Waals surface area contributed by atoms with Gasteiger partial charge in [0.2, 0.25) is 0 Å². The van der Waals surface area contributed by atoms with Gasteiger partial charge in [-0.05, 0) is 59.3 Å². The first kappa shape index (κ1) is 29.2. The second kappa shape index (κ2) is 11.9. The minimum Gasteiger partial charge on any atom is -0.348 e. The predicted molar refractivity (Wildman–Crippen MR) is 162 cm³/mol. The molecule has 0 radical (unpaired) electrons. The molecule has 1 unspecified atom stereocenters. The van der Waals surface area contributed by atoms with Gasteiger partial charge in [0.25, 0.3) is 21.8 Å². The Morgan fingerprint density at radius 1 is 0.976 bits per heavy atom. The highest BCUT2D eigenvalue weighted by Crippen LogP contribution is 2.28. The molecule has 0 bridgehead atoms. The van der Waals surface area contributed by atoms with Gasteiger partial charge in [-0.15, -0.1) is 12.4 Å². The van der Waals surface area contributed by atoms with Crippen LogP contribution < -0.4 is 0 Å². The lowest BCUT2D eigenvalue weighted by molar-refractivity contribution is -0.134. The number of H-pyrrole nitrogens is 1. The van der Waals surface area contributed by atoms with E-state index in [0.717, 1.165) is 20.9 Å². The van der Waals surface area contributed by atoms with Crippen molar-refractivity contribution in [3.05, 3.63) is 114 Å². The number of hydrogen-bond acceptors (Lipinski definition) is 6.